The highest BCUT2D eigenvalue weighted by Crippen LogP contribution is 2.28. The van der Waals surface area contributed by atoms with Crippen molar-refractivity contribution in [2.45, 2.75) is 31.7 Å². The van der Waals surface area contributed by atoms with Crippen LogP contribution >= 0.6 is 24.8 Å². The Morgan fingerprint density at radius 3 is 2.42 bits per heavy atom. The molecule has 31 heavy (non-hydrogen) atoms. The van der Waals surface area contributed by atoms with E-state index in [2.05, 4.69) is 0 Å². The zero-order chi connectivity index (χ0) is 21.0. The average molecular weight is 468 g/mol. The molecule has 0 amide bonds. The first-order valence-corrected chi connectivity index (χ1v) is 9.45. The molecule has 2 aromatic carbocycles. The maximum Gasteiger partial charge on any atom is 0.311 e. The second-order valence-corrected chi connectivity index (χ2v) is 7.02. The number of ether oxygens (including phenoxy) is 1. The van der Waals surface area contributed by atoms with Gasteiger partial charge in [-0.15, -0.1) is 24.8 Å². The van der Waals surface area contributed by atoms with Gasteiger partial charge in [-0.2, -0.15) is 0 Å². The van der Waals surface area contributed by atoms with Gasteiger partial charge in [0.1, 0.15) is 29.5 Å². The van der Waals surface area contributed by atoms with Crippen molar-refractivity contribution >= 4 is 47.6 Å². The number of hydrogen-bond donors (Lipinski definition) is 4. The second kappa shape index (κ2) is 11.6. The molecule has 168 valence electrons. The zero-order valence-corrected chi connectivity index (χ0v) is 18.7. The van der Waals surface area contributed by atoms with Gasteiger partial charge in [-0.05, 0) is 48.4 Å². The molecular weight excluding hydrogens is 441 g/mol. The molecule has 0 aliphatic carbocycles. The number of furan rings is 1. The highest BCUT2D eigenvalue weighted by atomic mass is 35.5. The van der Waals surface area contributed by atoms with E-state index in [4.69, 9.17) is 26.0 Å². The Morgan fingerprint density at radius 2 is 1.84 bits per heavy atom. The molecule has 0 saturated carbocycles. The number of fused-ring (bicyclic) bond motifs is 1. The Labute approximate surface area is 193 Å². The summed E-state index contributed by atoms with van der Waals surface area (Å²) in [5.41, 5.74) is 13.3. The summed E-state index contributed by atoms with van der Waals surface area (Å²) in [4.78, 5) is 11.9. The summed E-state index contributed by atoms with van der Waals surface area (Å²) in [7, 11) is 0. The lowest BCUT2D eigenvalue weighted by atomic mass is 9.94. The number of nitrogens with one attached hydrogen (secondary N) is 1. The molecule has 7 nitrogen and oxygen atoms in total. The fourth-order valence-corrected chi connectivity index (χ4v) is 3.03. The van der Waals surface area contributed by atoms with E-state index >= 15 is 0 Å². The van der Waals surface area contributed by atoms with Crippen molar-refractivity contribution < 1.29 is 19.1 Å². The first-order valence-electron chi connectivity index (χ1n) is 9.45. The van der Waals surface area contributed by atoms with E-state index in [1.54, 1.807) is 48.5 Å². The minimum Gasteiger partial charge on any atom is -0.492 e. The summed E-state index contributed by atoms with van der Waals surface area (Å²) >= 11 is 0. The summed E-state index contributed by atoms with van der Waals surface area (Å²) in [6, 6.07) is 14.0. The van der Waals surface area contributed by atoms with Crippen molar-refractivity contribution in [2.75, 3.05) is 6.61 Å². The van der Waals surface area contributed by atoms with Crippen LogP contribution in [0.25, 0.3) is 11.0 Å². The minimum absolute atomic E-state index is 0. The summed E-state index contributed by atoms with van der Waals surface area (Å²) < 4.78 is 11.4. The Balaban J connectivity index is 0.00000240. The second-order valence-electron chi connectivity index (χ2n) is 7.02. The predicted molar refractivity (Wildman–Crippen MR) is 126 cm³/mol. The predicted octanol–water partition coefficient (Wildman–Crippen LogP) is 4.09. The molecule has 2 atom stereocenters. The third-order valence-electron chi connectivity index (χ3n) is 4.85. The van der Waals surface area contributed by atoms with Gasteiger partial charge >= 0.3 is 5.97 Å². The van der Waals surface area contributed by atoms with Gasteiger partial charge in [-0.1, -0.05) is 19.1 Å². The quantitative estimate of drug-likeness (QED) is 0.276. The van der Waals surface area contributed by atoms with E-state index in [0.717, 1.165) is 11.8 Å². The van der Waals surface area contributed by atoms with Gasteiger partial charge in [0.05, 0.1) is 5.92 Å². The van der Waals surface area contributed by atoms with Crippen molar-refractivity contribution in [3.63, 3.8) is 0 Å². The summed E-state index contributed by atoms with van der Waals surface area (Å²) in [6.45, 7) is 2.41. The molecule has 1 unspecified atom stereocenters. The van der Waals surface area contributed by atoms with Crippen LogP contribution in [0.1, 0.15) is 36.1 Å². The number of nitrogens with two attached hydrogens (primary N) is 2. The van der Waals surface area contributed by atoms with E-state index in [0.29, 0.717) is 34.8 Å². The van der Waals surface area contributed by atoms with E-state index in [1.807, 2.05) is 6.92 Å². The SMILES string of the molecule is CC[C@@H](N)COc1ccc(C(Cc2cc3cc(C(=N)N)ccc3o2)C(=O)O)cc1.Cl.Cl. The molecule has 0 spiro atoms. The van der Waals surface area contributed by atoms with Crippen molar-refractivity contribution in [3.05, 3.63) is 65.4 Å². The molecule has 3 rings (SSSR count). The number of carbonyl (C=O) groups is 1. The van der Waals surface area contributed by atoms with Crippen LogP contribution in [0.3, 0.4) is 0 Å². The zero-order valence-electron chi connectivity index (χ0n) is 17.0. The highest BCUT2D eigenvalue weighted by Gasteiger charge is 2.22. The van der Waals surface area contributed by atoms with E-state index in [-0.39, 0.29) is 43.1 Å². The molecule has 0 aliphatic heterocycles. The van der Waals surface area contributed by atoms with E-state index in [9.17, 15) is 9.90 Å². The van der Waals surface area contributed by atoms with Crippen LogP contribution in [0.5, 0.6) is 5.75 Å². The third kappa shape index (κ3) is 6.62. The lowest BCUT2D eigenvalue weighted by Crippen LogP contribution is -2.26. The minimum atomic E-state index is -0.934. The van der Waals surface area contributed by atoms with E-state index in [1.165, 1.54) is 0 Å². The summed E-state index contributed by atoms with van der Waals surface area (Å²) in [6.07, 6.45) is 1.03. The third-order valence-corrected chi connectivity index (χ3v) is 4.85. The molecule has 0 radical (unpaired) electrons. The fraction of sp³-hybridized carbons (Fsp3) is 0.273. The van der Waals surface area contributed by atoms with Crippen LogP contribution in [0.2, 0.25) is 0 Å². The topological polar surface area (TPSA) is 136 Å². The first kappa shape index (κ1) is 26.3. The fourth-order valence-electron chi connectivity index (χ4n) is 3.03. The Kier molecular flexibility index (Phi) is 9.84. The van der Waals surface area contributed by atoms with Gasteiger partial charge in [0.2, 0.25) is 0 Å². The van der Waals surface area contributed by atoms with E-state index < -0.39 is 11.9 Å². The number of carboxylic acid groups (broad SMARTS) is 1. The number of halogens is 2. The Bertz CT molecular complexity index is 1020. The molecular formula is C22H27Cl2N3O4. The van der Waals surface area contributed by atoms with Crippen molar-refractivity contribution in [3.8, 4) is 5.75 Å². The lowest BCUT2D eigenvalue weighted by molar-refractivity contribution is -0.138. The van der Waals surface area contributed by atoms with Gasteiger partial charge in [-0.25, -0.2) is 0 Å². The molecule has 0 bridgehead atoms. The van der Waals surface area contributed by atoms with Crippen LogP contribution in [-0.4, -0.2) is 29.6 Å². The highest BCUT2D eigenvalue weighted by molar-refractivity contribution is 5.98. The van der Waals surface area contributed by atoms with Crippen molar-refractivity contribution in [1.29, 1.82) is 5.41 Å². The molecule has 3 aromatic rings. The van der Waals surface area contributed by atoms with Crippen molar-refractivity contribution in [1.82, 2.24) is 0 Å². The Hall–Kier alpha value is -2.74. The van der Waals surface area contributed by atoms with Gasteiger partial charge in [0.15, 0.2) is 0 Å². The number of carboxylic acids is 1. The summed E-state index contributed by atoms with van der Waals surface area (Å²) in [5.74, 6) is -0.503. The average Bonchev–Trinajstić information content (AvgIpc) is 3.12. The number of benzene rings is 2. The van der Waals surface area contributed by atoms with Crippen molar-refractivity contribution in [2.24, 2.45) is 11.5 Å². The molecule has 0 fully saturated rings. The smallest absolute Gasteiger partial charge is 0.311 e. The van der Waals surface area contributed by atoms with Gasteiger partial charge in [0, 0.05) is 23.4 Å². The molecule has 6 N–H and O–H groups in total. The number of nitrogen functional groups attached to an aromatic ring is 1. The van der Waals surface area contributed by atoms with Crippen LogP contribution in [0.15, 0.2) is 52.9 Å². The van der Waals surface area contributed by atoms with Gasteiger partial charge < -0.3 is 25.7 Å². The standard InChI is InChI=1S/C22H25N3O4.2ClH/c1-2-16(23)12-28-17-6-3-13(4-7-17)19(22(26)27)11-18-10-15-9-14(21(24)25)5-8-20(15)29-18;;/h3-10,16,19H,2,11-12,23H2,1H3,(H3,24,25)(H,26,27);2*1H/t16-,19?;;/m1../s1. The molecule has 0 aliphatic rings. The molecule has 9 heteroatoms. The van der Waals surface area contributed by atoms with Gasteiger partial charge in [0.25, 0.3) is 0 Å². The maximum absolute atomic E-state index is 11.9. The summed E-state index contributed by atoms with van der Waals surface area (Å²) in [5, 5.41) is 18.0. The monoisotopic (exact) mass is 467 g/mol. The van der Waals surface area contributed by atoms with Crippen LogP contribution in [0.4, 0.5) is 0 Å². The number of rotatable bonds is 9. The largest absolute Gasteiger partial charge is 0.492 e. The van der Waals surface area contributed by atoms with Crippen LogP contribution in [0, 0.1) is 5.41 Å². The molecule has 0 saturated heterocycles. The Morgan fingerprint density at radius 1 is 1.16 bits per heavy atom. The van der Waals surface area contributed by atoms with Crippen LogP contribution < -0.4 is 16.2 Å². The number of amidine groups is 1. The number of hydrogen-bond acceptors (Lipinski definition) is 5. The van der Waals surface area contributed by atoms with Gasteiger partial charge in [-0.3, -0.25) is 10.2 Å². The number of aliphatic carboxylic acids is 1. The first-order chi connectivity index (χ1) is 13.9. The molecule has 1 heterocycles. The lowest BCUT2D eigenvalue weighted by Gasteiger charge is -2.14. The van der Waals surface area contributed by atoms with Crippen LogP contribution in [-0.2, 0) is 11.2 Å². The maximum atomic E-state index is 11.9. The normalized spacial score (nSPS) is 12.3. The molecule has 1 aromatic heterocycles.